The smallest absolute Gasteiger partial charge is 0.328 e. The number of hydrogen-bond donors (Lipinski definition) is 1. The van der Waals surface area contributed by atoms with Crippen LogP contribution in [0.5, 0.6) is 0 Å². The Bertz CT molecular complexity index is 907. The van der Waals surface area contributed by atoms with Crippen LogP contribution in [0, 0.1) is 0 Å². The van der Waals surface area contributed by atoms with Crippen LogP contribution in [0.1, 0.15) is 21.5 Å². The molecule has 4 nitrogen and oxygen atoms in total. The molecule has 0 unspecified atom stereocenters. The fraction of sp³-hybridized carbons (Fsp3) is 0.130. The number of ether oxygens (including phenoxy) is 1. The van der Waals surface area contributed by atoms with Crippen molar-refractivity contribution in [1.82, 2.24) is 0 Å². The third kappa shape index (κ3) is 4.61. The minimum absolute atomic E-state index is 0.0953. The Labute approximate surface area is 158 Å². The van der Waals surface area contributed by atoms with Crippen LogP contribution in [0.4, 0.5) is 5.69 Å². The van der Waals surface area contributed by atoms with Gasteiger partial charge in [0.05, 0.1) is 7.11 Å². The molecule has 0 aromatic heterocycles. The van der Waals surface area contributed by atoms with Crippen molar-refractivity contribution in [3.8, 4) is 0 Å². The van der Waals surface area contributed by atoms with E-state index in [9.17, 15) is 9.59 Å². The first-order valence-electron chi connectivity index (χ1n) is 8.76. The van der Waals surface area contributed by atoms with Gasteiger partial charge in [0.25, 0.3) is 0 Å². The van der Waals surface area contributed by atoms with E-state index in [1.165, 1.54) is 7.11 Å². The Morgan fingerprint density at radius 2 is 1.44 bits per heavy atom. The number of nitrogens with one attached hydrogen (secondary N) is 1. The molecular formula is C23H21NO3. The third-order valence-electron chi connectivity index (χ3n) is 4.31. The lowest BCUT2D eigenvalue weighted by Crippen LogP contribution is -2.33. The average molecular weight is 359 g/mol. The summed E-state index contributed by atoms with van der Waals surface area (Å²) in [5.74, 6) is -0.470. The first-order valence-corrected chi connectivity index (χ1v) is 8.76. The molecule has 0 aliphatic rings. The topological polar surface area (TPSA) is 55.4 Å². The number of benzene rings is 3. The Morgan fingerprint density at radius 3 is 2.11 bits per heavy atom. The maximum atomic E-state index is 12.9. The zero-order valence-electron chi connectivity index (χ0n) is 15.1. The van der Waals surface area contributed by atoms with Crippen LogP contribution >= 0.6 is 0 Å². The molecule has 3 aromatic rings. The zero-order valence-corrected chi connectivity index (χ0v) is 15.1. The minimum atomic E-state index is -0.595. The van der Waals surface area contributed by atoms with Crippen LogP contribution < -0.4 is 5.32 Å². The summed E-state index contributed by atoms with van der Waals surface area (Å²) in [4.78, 5) is 25.2. The van der Waals surface area contributed by atoms with E-state index in [1.807, 2.05) is 60.7 Å². The lowest BCUT2D eigenvalue weighted by atomic mass is 10.00. The van der Waals surface area contributed by atoms with Gasteiger partial charge in [0.1, 0.15) is 6.04 Å². The van der Waals surface area contributed by atoms with Gasteiger partial charge in [-0.2, -0.15) is 0 Å². The van der Waals surface area contributed by atoms with Crippen LogP contribution in [0.3, 0.4) is 0 Å². The lowest BCUT2D eigenvalue weighted by Gasteiger charge is -2.19. The van der Waals surface area contributed by atoms with Gasteiger partial charge in [-0.05, 0) is 17.7 Å². The molecule has 0 saturated carbocycles. The molecule has 0 radical (unpaired) electrons. The maximum Gasteiger partial charge on any atom is 0.328 e. The molecule has 4 heteroatoms. The molecule has 1 atom stereocenters. The normalized spacial score (nSPS) is 11.4. The Balaban J connectivity index is 1.88. The van der Waals surface area contributed by atoms with Crippen molar-refractivity contribution in [3.05, 3.63) is 102 Å². The Hall–Kier alpha value is -3.40. The number of hydrogen-bond acceptors (Lipinski definition) is 4. The molecule has 0 amide bonds. The summed E-state index contributed by atoms with van der Waals surface area (Å²) in [5.41, 5.74) is 2.74. The number of anilines is 1. The summed E-state index contributed by atoms with van der Waals surface area (Å²) < 4.78 is 4.96. The van der Waals surface area contributed by atoms with Gasteiger partial charge in [0.2, 0.25) is 0 Å². The second-order valence-corrected chi connectivity index (χ2v) is 6.15. The van der Waals surface area contributed by atoms with Crippen molar-refractivity contribution >= 4 is 17.4 Å². The van der Waals surface area contributed by atoms with E-state index in [-0.39, 0.29) is 11.8 Å². The SMILES string of the molecule is COC(=O)[C@H](Cc1ccccc1)Nc1ccccc1C(=O)c1ccccc1. The number of ketones is 1. The molecule has 0 heterocycles. The summed E-state index contributed by atoms with van der Waals surface area (Å²) in [7, 11) is 1.36. The second kappa shape index (κ2) is 8.81. The van der Waals surface area contributed by atoms with Crippen LogP contribution in [-0.2, 0) is 16.0 Å². The van der Waals surface area contributed by atoms with E-state index in [1.54, 1.807) is 24.3 Å². The minimum Gasteiger partial charge on any atom is -0.467 e. The van der Waals surface area contributed by atoms with Gasteiger partial charge >= 0.3 is 5.97 Å². The first kappa shape index (κ1) is 18.4. The number of carbonyl (C=O) groups is 2. The molecule has 0 bridgehead atoms. The Kier molecular flexibility index (Phi) is 6.00. The van der Waals surface area contributed by atoms with Gasteiger partial charge in [0, 0.05) is 23.2 Å². The van der Waals surface area contributed by atoms with Crippen molar-refractivity contribution < 1.29 is 14.3 Å². The van der Waals surface area contributed by atoms with Crippen LogP contribution in [-0.4, -0.2) is 24.9 Å². The number of para-hydroxylation sites is 1. The van der Waals surface area contributed by atoms with Gasteiger partial charge in [-0.25, -0.2) is 4.79 Å². The number of esters is 1. The standard InChI is InChI=1S/C23H21NO3/c1-27-23(26)21(16-17-10-4-2-5-11-17)24-20-15-9-8-14-19(20)22(25)18-12-6-3-7-13-18/h2-15,21,24H,16H2,1H3/t21-/m0/s1. The molecule has 1 N–H and O–H groups in total. The molecule has 136 valence electrons. The average Bonchev–Trinajstić information content (AvgIpc) is 2.74. The predicted molar refractivity (Wildman–Crippen MR) is 106 cm³/mol. The first-order chi connectivity index (χ1) is 13.2. The lowest BCUT2D eigenvalue weighted by molar-refractivity contribution is -0.141. The predicted octanol–water partition coefficient (Wildman–Crippen LogP) is 4.11. The van der Waals surface area contributed by atoms with Crippen LogP contribution in [0.2, 0.25) is 0 Å². The molecule has 3 rings (SSSR count). The molecule has 27 heavy (non-hydrogen) atoms. The van der Waals surface area contributed by atoms with Crippen molar-refractivity contribution in [1.29, 1.82) is 0 Å². The van der Waals surface area contributed by atoms with Crippen LogP contribution in [0.25, 0.3) is 0 Å². The van der Waals surface area contributed by atoms with Crippen LogP contribution in [0.15, 0.2) is 84.9 Å². The molecular weight excluding hydrogens is 338 g/mol. The van der Waals surface area contributed by atoms with Gasteiger partial charge < -0.3 is 10.1 Å². The van der Waals surface area contributed by atoms with Gasteiger partial charge in [0.15, 0.2) is 5.78 Å². The summed E-state index contributed by atoms with van der Waals surface area (Å²) in [6.07, 6.45) is 0.460. The Morgan fingerprint density at radius 1 is 0.852 bits per heavy atom. The molecule has 0 saturated heterocycles. The van der Waals surface area contributed by atoms with Crippen molar-refractivity contribution in [3.63, 3.8) is 0 Å². The largest absolute Gasteiger partial charge is 0.467 e. The number of rotatable bonds is 7. The molecule has 0 aliphatic heterocycles. The highest BCUT2D eigenvalue weighted by molar-refractivity contribution is 6.12. The second-order valence-electron chi connectivity index (χ2n) is 6.15. The van der Waals surface area contributed by atoms with Gasteiger partial charge in [-0.1, -0.05) is 72.8 Å². The summed E-state index contributed by atoms with van der Waals surface area (Å²) >= 11 is 0. The van der Waals surface area contributed by atoms with E-state index in [4.69, 9.17) is 4.74 Å². The highest BCUT2D eigenvalue weighted by Crippen LogP contribution is 2.21. The van der Waals surface area contributed by atoms with Crippen molar-refractivity contribution in [2.75, 3.05) is 12.4 Å². The zero-order chi connectivity index (χ0) is 19.1. The van der Waals surface area contributed by atoms with Crippen molar-refractivity contribution in [2.24, 2.45) is 0 Å². The van der Waals surface area contributed by atoms with E-state index in [0.29, 0.717) is 23.2 Å². The highest BCUT2D eigenvalue weighted by Gasteiger charge is 2.22. The quantitative estimate of drug-likeness (QED) is 0.509. The number of methoxy groups -OCH3 is 1. The molecule has 3 aromatic carbocycles. The van der Waals surface area contributed by atoms with E-state index >= 15 is 0 Å². The fourth-order valence-corrected chi connectivity index (χ4v) is 2.93. The summed E-state index contributed by atoms with van der Waals surface area (Å²) in [5, 5.41) is 3.20. The molecule has 0 spiro atoms. The maximum absolute atomic E-state index is 12.9. The van der Waals surface area contributed by atoms with Gasteiger partial charge in [-0.3, -0.25) is 4.79 Å². The molecule has 0 aliphatic carbocycles. The monoisotopic (exact) mass is 359 g/mol. The molecule has 0 fully saturated rings. The third-order valence-corrected chi connectivity index (χ3v) is 4.31. The summed E-state index contributed by atoms with van der Waals surface area (Å²) in [6, 6.07) is 25.4. The highest BCUT2D eigenvalue weighted by atomic mass is 16.5. The number of carbonyl (C=O) groups excluding carboxylic acids is 2. The van der Waals surface area contributed by atoms with Crippen molar-refractivity contribution in [2.45, 2.75) is 12.5 Å². The van der Waals surface area contributed by atoms with E-state index in [0.717, 1.165) is 5.56 Å². The van der Waals surface area contributed by atoms with Gasteiger partial charge in [-0.15, -0.1) is 0 Å². The fourth-order valence-electron chi connectivity index (χ4n) is 2.93. The van der Waals surface area contributed by atoms with E-state index < -0.39 is 6.04 Å². The van der Waals surface area contributed by atoms with E-state index in [2.05, 4.69) is 5.32 Å². The summed E-state index contributed by atoms with van der Waals surface area (Å²) in [6.45, 7) is 0.